The van der Waals surface area contributed by atoms with Crippen molar-refractivity contribution in [1.82, 2.24) is 5.32 Å². The molecule has 2 aromatic rings. The van der Waals surface area contributed by atoms with Crippen molar-refractivity contribution >= 4 is 11.6 Å². The molecule has 1 aliphatic rings. The predicted octanol–water partition coefficient (Wildman–Crippen LogP) is 2.31. The SMILES string of the molecule is COc1cc(OC)cc(N2CCC(NC(=O)c3ccoc3)C2)c1. The molecule has 1 N–H and O–H groups in total. The number of benzene rings is 1. The molecule has 0 bridgehead atoms. The van der Waals surface area contributed by atoms with E-state index >= 15 is 0 Å². The Kier molecular flexibility index (Phi) is 4.41. The van der Waals surface area contributed by atoms with Crippen LogP contribution in [0.25, 0.3) is 0 Å². The molecule has 0 saturated carbocycles. The van der Waals surface area contributed by atoms with Gasteiger partial charge in [-0.2, -0.15) is 0 Å². The van der Waals surface area contributed by atoms with Crippen LogP contribution < -0.4 is 19.7 Å². The van der Waals surface area contributed by atoms with E-state index in [2.05, 4.69) is 10.2 Å². The van der Waals surface area contributed by atoms with Crippen LogP contribution in [-0.4, -0.2) is 39.3 Å². The number of rotatable bonds is 5. The van der Waals surface area contributed by atoms with E-state index in [1.165, 1.54) is 12.5 Å². The molecule has 1 amide bonds. The van der Waals surface area contributed by atoms with Crippen LogP contribution in [0.15, 0.2) is 41.2 Å². The largest absolute Gasteiger partial charge is 0.497 e. The minimum Gasteiger partial charge on any atom is -0.497 e. The molecule has 6 nitrogen and oxygen atoms in total. The van der Waals surface area contributed by atoms with Crippen LogP contribution in [0.5, 0.6) is 11.5 Å². The average molecular weight is 316 g/mol. The fourth-order valence-corrected chi connectivity index (χ4v) is 2.75. The zero-order chi connectivity index (χ0) is 16.2. The molecule has 1 aliphatic heterocycles. The first-order chi connectivity index (χ1) is 11.2. The standard InChI is InChI=1S/C17H20N2O4/c1-21-15-7-14(8-16(9-15)22-2)19-5-3-13(10-19)18-17(20)12-4-6-23-11-12/h4,6-9,11,13H,3,5,10H2,1-2H3,(H,18,20). The van der Waals surface area contributed by atoms with E-state index in [4.69, 9.17) is 13.9 Å². The number of nitrogens with zero attached hydrogens (tertiary/aromatic N) is 1. The minimum atomic E-state index is -0.103. The Bertz CT molecular complexity index is 647. The van der Waals surface area contributed by atoms with Crippen LogP contribution >= 0.6 is 0 Å². The number of furan rings is 1. The van der Waals surface area contributed by atoms with Gasteiger partial charge in [-0.1, -0.05) is 0 Å². The second kappa shape index (κ2) is 6.64. The minimum absolute atomic E-state index is 0.103. The summed E-state index contributed by atoms with van der Waals surface area (Å²) >= 11 is 0. The van der Waals surface area contributed by atoms with Crippen molar-refractivity contribution < 1.29 is 18.7 Å². The molecule has 0 spiro atoms. The molecule has 1 unspecified atom stereocenters. The highest BCUT2D eigenvalue weighted by Crippen LogP contribution is 2.30. The van der Waals surface area contributed by atoms with Gasteiger partial charge in [0.05, 0.1) is 26.0 Å². The molecule has 1 atom stereocenters. The van der Waals surface area contributed by atoms with Gasteiger partial charge in [0.2, 0.25) is 0 Å². The van der Waals surface area contributed by atoms with Gasteiger partial charge in [0.15, 0.2) is 0 Å². The van der Waals surface area contributed by atoms with Crippen molar-refractivity contribution in [3.05, 3.63) is 42.4 Å². The lowest BCUT2D eigenvalue weighted by molar-refractivity contribution is 0.0939. The van der Waals surface area contributed by atoms with E-state index < -0.39 is 0 Å². The van der Waals surface area contributed by atoms with Crippen LogP contribution in [0, 0.1) is 0 Å². The van der Waals surface area contributed by atoms with E-state index in [1.807, 2.05) is 18.2 Å². The molecule has 23 heavy (non-hydrogen) atoms. The highest BCUT2D eigenvalue weighted by atomic mass is 16.5. The van der Waals surface area contributed by atoms with E-state index in [1.54, 1.807) is 20.3 Å². The van der Waals surface area contributed by atoms with Gasteiger partial charge < -0.3 is 24.1 Å². The molecule has 1 aromatic carbocycles. The molecule has 0 radical (unpaired) electrons. The molecular weight excluding hydrogens is 296 g/mol. The summed E-state index contributed by atoms with van der Waals surface area (Å²) in [6, 6.07) is 7.56. The number of anilines is 1. The van der Waals surface area contributed by atoms with Crippen LogP contribution in [0.3, 0.4) is 0 Å². The van der Waals surface area contributed by atoms with Gasteiger partial charge >= 0.3 is 0 Å². The monoisotopic (exact) mass is 316 g/mol. The zero-order valence-corrected chi connectivity index (χ0v) is 13.2. The van der Waals surface area contributed by atoms with Crippen molar-refractivity contribution in [2.24, 2.45) is 0 Å². The van der Waals surface area contributed by atoms with Gasteiger partial charge in [0.1, 0.15) is 17.8 Å². The smallest absolute Gasteiger partial charge is 0.254 e. The van der Waals surface area contributed by atoms with E-state index in [9.17, 15) is 4.79 Å². The maximum atomic E-state index is 12.1. The second-order valence-corrected chi connectivity index (χ2v) is 5.49. The van der Waals surface area contributed by atoms with Crippen molar-refractivity contribution in [3.8, 4) is 11.5 Å². The normalized spacial score (nSPS) is 17.1. The Hall–Kier alpha value is -2.63. The van der Waals surface area contributed by atoms with Gasteiger partial charge in [0.25, 0.3) is 5.91 Å². The third-order valence-electron chi connectivity index (χ3n) is 4.01. The predicted molar refractivity (Wildman–Crippen MR) is 86.3 cm³/mol. The van der Waals surface area contributed by atoms with Gasteiger partial charge in [-0.25, -0.2) is 0 Å². The summed E-state index contributed by atoms with van der Waals surface area (Å²) < 4.78 is 15.6. The van der Waals surface area contributed by atoms with Crippen molar-refractivity contribution in [2.75, 3.05) is 32.2 Å². The number of carbonyl (C=O) groups is 1. The van der Waals surface area contributed by atoms with Crippen LogP contribution in [0.1, 0.15) is 16.8 Å². The molecule has 2 heterocycles. The Morgan fingerprint density at radius 1 is 1.26 bits per heavy atom. The highest BCUT2D eigenvalue weighted by molar-refractivity contribution is 5.94. The molecule has 1 saturated heterocycles. The molecule has 3 rings (SSSR count). The van der Waals surface area contributed by atoms with E-state index in [0.29, 0.717) is 5.56 Å². The lowest BCUT2D eigenvalue weighted by Gasteiger charge is -2.20. The summed E-state index contributed by atoms with van der Waals surface area (Å²) in [4.78, 5) is 14.3. The summed E-state index contributed by atoms with van der Waals surface area (Å²) in [5, 5.41) is 3.04. The first-order valence-corrected chi connectivity index (χ1v) is 7.50. The second-order valence-electron chi connectivity index (χ2n) is 5.49. The molecule has 6 heteroatoms. The first kappa shape index (κ1) is 15.3. The third-order valence-corrected chi connectivity index (χ3v) is 4.01. The summed E-state index contributed by atoms with van der Waals surface area (Å²) in [6.45, 7) is 1.62. The Morgan fingerprint density at radius 3 is 2.61 bits per heavy atom. The van der Waals surface area contributed by atoms with Crippen LogP contribution in [0.2, 0.25) is 0 Å². The lowest BCUT2D eigenvalue weighted by atomic mass is 10.2. The molecule has 0 aliphatic carbocycles. The number of ether oxygens (including phenoxy) is 2. The fourth-order valence-electron chi connectivity index (χ4n) is 2.75. The molecule has 1 aromatic heterocycles. The first-order valence-electron chi connectivity index (χ1n) is 7.50. The summed E-state index contributed by atoms with van der Waals surface area (Å²) in [7, 11) is 3.27. The maximum absolute atomic E-state index is 12.1. The Balaban J connectivity index is 1.66. The van der Waals surface area contributed by atoms with Crippen molar-refractivity contribution in [2.45, 2.75) is 12.5 Å². The summed E-state index contributed by atoms with van der Waals surface area (Å²) in [6.07, 6.45) is 3.84. The number of hydrogen-bond acceptors (Lipinski definition) is 5. The number of carbonyl (C=O) groups excluding carboxylic acids is 1. The van der Waals surface area contributed by atoms with Gasteiger partial charge in [-0.05, 0) is 12.5 Å². The number of hydrogen-bond donors (Lipinski definition) is 1. The highest BCUT2D eigenvalue weighted by Gasteiger charge is 2.25. The van der Waals surface area contributed by atoms with Crippen LogP contribution in [0.4, 0.5) is 5.69 Å². The number of methoxy groups -OCH3 is 2. The molecular formula is C17H20N2O4. The van der Waals surface area contributed by atoms with Gasteiger partial charge in [-0.3, -0.25) is 4.79 Å². The summed E-state index contributed by atoms with van der Waals surface area (Å²) in [5.41, 5.74) is 1.58. The lowest BCUT2D eigenvalue weighted by Crippen LogP contribution is -2.36. The fraction of sp³-hybridized carbons (Fsp3) is 0.353. The van der Waals surface area contributed by atoms with Crippen molar-refractivity contribution in [3.63, 3.8) is 0 Å². The Morgan fingerprint density at radius 2 is 2.00 bits per heavy atom. The van der Waals surface area contributed by atoms with E-state index in [0.717, 1.165) is 36.7 Å². The third kappa shape index (κ3) is 3.41. The van der Waals surface area contributed by atoms with E-state index in [-0.39, 0.29) is 11.9 Å². The molecule has 1 fully saturated rings. The maximum Gasteiger partial charge on any atom is 0.254 e. The summed E-state index contributed by atoms with van der Waals surface area (Å²) in [5.74, 6) is 1.41. The van der Waals surface area contributed by atoms with Gasteiger partial charge in [0, 0.05) is 43.0 Å². The molecule has 122 valence electrons. The zero-order valence-electron chi connectivity index (χ0n) is 13.2. The number of amides is 1. The Labute approximate surface area is 135 Å². The van der Waals surface area contributed by atoms with Crippen LogP contribution in [-0.2, 0) is 0 Å². The number of nitrogens with one attached hydrogen (secondary N) is 1. The topological polar surface area (TPSA) is 63.9 Å². The quantitative estimate of drug-likeness (QED) is 0.917. The average Bonchev–Trinajstić information content (AvgIpc) is 3.26. The van der Waals surface area contributed by atoms with Gasteiger partial charge in [-0.15, -0.1) is 0 Å². The van der Waals surface area contributed by atoms with Crippen molar-refractivity contribution in [1.29, 1.82) is 0 Å².